The minimum Gasteiger partial charge on any atom is -0.476 e. The summed E-state index contributed by atoms with van der Waals surface area (Å²) in [6.45, 7) is 2.28. The lowest BCUT2D eigenvalue weighted by molar-refractivity contribution is -0.142. The summed E-state index contributed by atoms with van der Waals surface area (Å²) in [5, 5.41) is 0. The summed E-state index contributed by atoms with van der Waals surface area (Å²) in [7, 11) is 0. The number of nitrogens with zero attached hydrogens (tertiary/aromatic N) is 3. The average molecular weight is 417 g/mol. The molecule has 2 aromatic carbocycles. The summed E-state index contributed by atoms with van der Waals surface area (Å²) in [5.41, 5.74) is 2.21. The molecule has 1 saturated heterocycles. The molecular weight excluding hydrogens is 394 g/mol. The molecule has 2 amide bonds. The number of benzene rings is 2. The lowest BCUT2D eigenvalue weighted by Crippen LogP contribution is -2.54. The Morgan fingerprint density at radius 3 is 2.32 bits per heavy atom. The molecule has 0 radical (unpaired) electrons. The van der Waals surface area contributed by atoms with E-state index in [4.69, 9.17) is 9.47 Å². The highest BCUT2D eigenvalue weighted by Crippen LogP contribution is 2.34. The normalized spacial score (nSPS) is 18.3. The van der Waals surface area contributed by atoms with Crippen molar-refractivity contribution in [3.05, 3.63) is 78.6 Å². The predicted molar refractivity (Wildman–Crippen MR) is 116 cm³/mol. The van der Waals surface area contributed by atoms with E-state index in [1.807, 2.05) is 71.6 Å². The third-order valence-corrected chi connectivity index (χ3v) is 5.63. The number of ether oxygens (including phenoxy) is 2. The van der Waals surface area contributed by atoms with Gasteiger partial charge in [-0.2, -0.15) is 0 Å². The number of rotatable bonds is 3. The predicted octanol–water partition coefficient (Wildman–Crippen LogP) is 2.74. The molecule has 7 nitrogen and oxygen atoms in total. The van der Waals surface area contributed by atoms with Crippen molar-refractivity contribution >= 4 is 17.5 Å². The van der Waals surface area contributed by atoms with E-state index in [0.29, 0.717) is 43.3 Å². The van der Waals surface area contributed by atoms with Crippen LogP contribution in [-0.2, 0) is 9.53 Å². The van der Waals surface area contributed by atoms with E-state index in [9.17, 15) is 9.59 Å². The number of hydrogen-bond acceptors (Lipinski definition) is 4. The molecule has 1 atom stereocenters. The summed E-state index contributed by atoms with van der Waals surface area (Å²) in [4.78, 5) is 29.9. The molecule has 2 aliphatic heterocycles. The van der Waals surface area contributed by atoms with Crippen molar-refractivity contribution in [2.75, 3.05) is 37.7 Å². The quantitative estimate of drug-likeness (QED) is 0.658. The summed E-state index contributed by atoms with van der Waals surface area (Å²) in [5.74, 6) is 0.269. The second-order valence-corrected chi connectivity index (χ2v) is 7.56. The van der Waals surface area contributed by atoms with Gasteiger partial charge in [-0.3, -0.25) is 9.59 Å². The maximum Gasteiger partial charge on any atom is 0.265 e. The van der Waals surface area contributed by atoms with Crippen molar-refractivity contribution in [2.24, 2.45) is 0 Å². The summed E-state index contributed by atoms with van der Waals surface area (Å²) >= 11 is 0. The first kappa shape index (κ1) is 19.4. The number of carbonyl (C=O) groups excluding carboxylic acids is 2. The van der Waals surface area contributed by atoms with Gasteiger partial charge in [0.1, 0.15) is 5.75 Å². The van der Waals surface area contributed by atoms with Gasteiger partial charge in [0.25, 0.3) is 11.8 Å². The van der Waals surface area contributed by atoms with E-state index in [2.05, 4.69) is 0 Å². The Morgan fingerprint density at radius 2 is 1.58 bits per heavy atom. The minimum atomic E-state index is -0.740. The van der Waals surface area contributed by atoms with Gasteiger partial charge in [0.2, 0.25) is 0 Å². The zero-order valence-electron chi connectivity index (χ0n) is 17.0. The molecule has 3 aromatic rings. The smallest absolute Gasteiger partial charge is 0.265 e. The number of aromatic nitrogens is 1. The van der Waals surface area contributed by atoms with Gasteiger partial charge in [0.15, 0.2) is 6.10 Å². The molecule has 0 spiro atoms. The van der Waals surface area contributed by atoms with Crippen LogP contribution in [-0.4, -0.2) is 60.2 Å². The van der Waals surface area contributed by atoms with E-state index < -0.39 is 6.10 Å². The van der Waals surface area contributed by atoms with E-state index in [-0.39, 0.29) is 18.4 Å². The molecule has 3 heterocycles. The molecule has 0 unspecified atom stereocenters. The Kier molecular flexibility index (Phi) is 5.18. The number of morpholine rings is 1. The molecule has 2 aliphatic rings. The SMILES string of the molecule is O=C([C@@H]1CN(C(=O)c2ccc(-n3cccc3)cc2)c2ccccc2O1)N1CCOCC1. The maximum atomic E-state index is 13.4. The van der Waals surface area contributed by atoms with Crippen LogP contribution in [0.3, 0.4) is 0 Å². The Morgan fingerprint density at radius 1 is 0.871 bits per heavy atom. The van der Waals surface area contributed by atoms with Crippen LogP contribution in [0.2, 0.25) is 0 Å². The molecule has 0 N–H and O–H groups in total. The van der Waals surface area contributed by atoms with Crippen LogP contribution in [0.1, 0.15) is 10.4 Å². The first-order valence-electron chi connectivity index (χ1n) is 10.4. The third-order valence-electron chi connectivity index (χ3n) is 5.63. The number of fused-ring (bicyclic) bond motifs is 1. The van der Waals surface area contributed by atoms with Gasteiger partial charge >= 0.3 is 0 Å². The minimum absolute atomic E-state index is 0.112. The number of para-hydroxylation sites is 2. The number of hydrogen-bond donors (Lipinski definition) is 0. The Bertz CT molecular complexity index is 1070. The van der Waals surface area contributed by atoms with Crippen LogP contribution in [0.25, 0.3) is 5.69 Å². The van der Waals surface area contributed by atoms with Crippen LogP contribution in [0, 0.1) is 0 Å². The standard InChI is InChI=1S/C24H23N3O4/c28-23(18-7-9-19(10-8-18)25-11-3-4-12-25)27-17-22(24(29)26-13-15-30-16-14-26)31-21-6-2-1-5-20(21)27/h1-12,22H,13-17H2/t22-/m0/s1. The first-order valence-corrected chi connectivity index (χ1v) is 10.4. The monoisotopic (exact) mass is 417 g/mol. The maximum absolute atomic E-state index is 13.4. The lowest BCUT2D eigenvalue weighted by atomic mass is 10.1. The summed E-state index contributed by atoms with van der Waals surface area (Å²) in [6.07, 6.45) is 3.17. The third kappa shape index (κ3) is 3.80. The molecule has 1 fully saturated rings. The lowest BCUT2D eigenvalue weighted by Gasteiger charge is -2.37. The average Bonchev–Trinajstić information content (AvgIpc) is 3.38. The molecule has 0 bridgehead atoms. The molecule has 0 aliphatic carbocycles. The zero-order chi connectivity index (χ0) is 21.2. The molecular formula is C24H23N3O4. The van der Waals surface area contributed by atoms with E-state index in [1.54, 1.807) is 15.9 Å². The highest BCUT2D eigenvalue weighted by molar-refractivity contribution is 6.08. The van der Waals surface area contributed by atoms with Crippen molar-refractivity contribution in [2.45, 2.75) is 6.10 Å². The molecule has 1 aromatic heterocycles. The van der Waals surface area contributed by atoms with Crippen molar-refractivity contribution in [1.29, 1.82) is 0 Å². The Balaban J connectivity index is 1.41. The van der Waals surface area contributed by atoms with E-state index in [0.717, 1.165) is 5.69 Å². The second-order valence-electron chi connectivity index (χ2n) is 7.56. The van der Waals surface area contributed by atoms with Gasteiger partial charge in [0.05, 0.1) is 25.4 Å². The second kappa shape index (κ2) is 8.28. The van der Waals surface area contributed by atoms with Gasteiger partial charge in [-0.05, 0) is 48.5 Å². The number of amides is 2. The number of carbonyl (C=O) groups is 2. The van der Waals surface area contributed by atoms with Crippen molar-refractivity contribution in [3.63, 3.8) is 0 Å². The van der Waals surface area contributed by atoms with Crippen LogP contribution in [0.5, 0.6) is 5.75 Å². The molecule has 7 heteroatoms. The van der Waals surface area contributed by atoms with Crippen LogP contribution in [0.15, 0.2) is 73.1 Å². The molecule has 31 heavy (non-hydrogen) atoms. The highest BCUT2D eigenvalue weighted by Gasteiger charge is 2.36. The van der Waals surface area contributed by atoms with Crippen LogP contribution >= 0.6 is 0 Å². The van der Waals surface area contributed by atoms with E-state index >= 15 is 0 Å². The fourth-order valence-corrected chi connectivity index (χ4v) is 3.98. The molecule has 158 valence electrons. The van der Waals surface area contributed by atoms with Gasteiger partial charge in [0, 0.05) is 36.7 Å². The van der Waals surface area contributed by atoms with Crippen LogP contribution < -0.4 is 9.64 Å². The van der Waals surface area contributed by atoms with Gasteiger partial charge in [-0.25, -0.2) is 0 Å². The summed E-state index contributed by atoms with van der Waals surface area (Å²) < 4.78 is 13.3. The van der Waals surface area contributed by atoms with E-state index in [1.165, 1.54) is 0 Å². The van der Waals surface area contributed by atoms with Gasteiger partial charge < -0.3 is 23.8 Å². The molecule has 5 rings (SSSR count). The van der Waals surface area contributed by atoms with Gasteiger partial charge in [-0.1, -0.05) is 12.1 Å². The molecule has 0 saturated carbocycles. The van der Waals surface area contributed by atoms with Gasteiger partial charge in [-0.15, -0.1) is 0 Å². The van der Waals surface area contributed by atoms with Crippen molar-refractivity contribution < 1.29 is 19.1 Å². The Hall–Kier alpha value is -3.58. The number of anilines is 1. The zero-order valence-corrected chi connectivity index (χ0v) is 17.0. The van der Waals surface area contributed by atoms with Crippen molar-refractivity contribution in [3.8, 4) is 11.4 Å². The fourth-order valence-electron chi connectivity index (χ4n) is 3.98. The Labute approximate surface area is 180 Å². The van der Waals surface area contributed by atoms with Crippen molar-refractivity contribution in [1.82, 2.24) is 9.47 Å². The largest absolute Gasteiger partial charge is 0.476 e. The fraction of sp³-hybridized carbons (Fsp3) is 0.250. The topological polar surface area (TPSA) is 64.0 Å². The first-order chi connectivity index (χ1) is 15.2. The highest BCUT2D eigenvalue weighted by atomic mass is 16.5. The summed E-state index contributed by atoms with van der Waals surface area (Å²) in [6, 6.07) is 18.7. The van der Waals surface area contributed by atoms with Crippen LogP contribution in [0.4, 0.5) is 5.69 Å².